The molecular weight excluding hydrogens is 378 g/mol. The average Bonchev–Trinajstić information content (AvgIpc) is 2.97. The van der Waals surface area contributed by atoms with E-state index in [0.717, 1.165) is 0 Å². The number of fused-ring (bicyclic) bond motifs is 1. The van der Waals surface area contributed by atoms with Gasteiger partial charge in [-0.05, 0) is 55.0 Å². The molecule has 29 heavy (non-hydrogen) atoms. The van der Waals surface area contributed by atoms with Crippen molar-refractivity contribution in [2.75, 3.05) is 13.7 Å². The minimum Gasteiger partial charge on any atom is -0.508 e. The quantitative estimate of drug-likeness (QED) is 0.614. The molecule has 2 aromatic carbocycles. The van der Waals surface area contributed by atoms with E-state index >= 15 is 0 Å². The number of aromatic nitrogens is 1. The fourth-order valence-electron chi connectivity index (χ4n) is 3.14. The van der Waals surface area contributed by atoms with Crippen molar-refractivity contribution in [1.29, 1.82) is 0 Å². The van der Waals surface area contributed by atoms with Crippen LogP contribution in [0, 0.1) is 6.92 Å². The highest BCUT2D eigenvalue weighted by Crippen LogP contribution is 2.31. The van der Waals surface area contributed by atoms with Gasteiger partial charge in [-0.1, -0.05) is 0 Å². The normalized spacial score (nSPS) is 10.7. The van der Waals surface area contributed by atoms with Crippen LogP contribution in [0.15, 0.2) is 42.5 Å². The van der Waals surface area contributed by atoms with E-state index in [2.05, 4.69) is 0 Å². The van der Waals surface area contributed by atoms with E-state index in [-0.39, 0.29) is 18.1 Å². The molecule has 150 valence electrons. The summed E-state index contributed by atoms with van der Waals surface area (Å²) < 4.78 is 11.5. The molecule has 1 heterocycles. The van der Waals surface area contributed by atoms with Gasteiger partial charge in [-0.15, -0.1) is 0 Å². The van der Waals surface area contributed by atoms with Gasteiger partial charge in [0.15, 0.2) is 6.61 Å². The number of nitrogens with zero attached hydrogens (tertiary/aromatic N) is 1. The van der Waals surface area contributed by atoms with Crippen LogP contribution in [-0.2, 0) is 20.7 Å². The third-order valence-electron chi connectivity index (χ3n) is 4.54. The van der Waals surface area contributed by atoms with Crippen molar-refractivity contribution in [3.63, 3.8) is 0 Å². The van der Waals surface area contributed by atoms with E-state index in [1.54, 1.807) is 25.1 Å². The van der Waals surface area contributed by atoms with E-state index in [9.17, 15) is 19.5 Å². The Kier molecular flexibility index (Phi) is 5.54. The fourth-order valence-corrected chi connectivity index (χ4v) is 3.14. The predicted molar refractivity (Wildman–Crippen MR) is 103 cm³/mol. The maximum absolute atomic E-state index is 13.1. The van der Waals surface area contributed by atoms with Crippen molar-refractivity contribution >= 4 is 28.7 Å². The van der Waals surface area contributed by atoms with Crippen LogP contribution in [-0.4, -0.2) is 46.3 Å². The molecule has 0 aliphatic carbocycles. The Hall–Kier alpha value is -3.81. The van der Waals surface area contributed by atoms with Gasteiger partial charge in [-0.3, -0.25) is 14.2 Å². The third kappa shape index (κ3) is 4.06. The van der Waals surface area contributed by atoms with Gasteiger partial charge in [0.2, 0.25) is 0 Å². The lowest BCUT2D eigenvalue weighted by Gasteiger charge is -2.08. The molecule has 0 bridgehead atoms. The molecule has 0 atom stereocenters. The largest absolute Gasteiger partial charge is 0.508 e. The molecule has 0 radical (unpaired) electrons. The number of carboxylic acid groups (broad SMARTS) is 1. The second-order valence-corrected chi connectivity index (χ2v) is 6.37. The Labute approximate surface area is 165 Å². The SMILES string of the molecule is COc1ccc2c(c1)c(CC(=O)OCC(=O)O)c(C)n2C(=O)c1ccc(O)cc1. The Morgan fingerprint density at radius 1 is 1.07 bits per heavy atom. The number of hydrogen-bond donors (Lipinski definition) is 2. The fraction of sp³-hybridized carbons (Fsp3) is 0.190. The number of methoxy groups -OCH3 is 1. The number of phenolic OH excluding ortho intramolecular Hbond substituents is 1. The molecule has 1 aromatic heterocycles. The number of esters is 1. The number of aliphatic carboxylic acids is 1. The molecule has 0 fully saturated rings. The number of aromatic hydroxyl groups is 1. The van der Waals surface area contributed by atoms with Crippen LogP contribution in [0.2, 0.25) is 0 Å². The number of hydrogen-bond acceptors (Lipinski definition) is 6. The van der Waals surface area contributed by atoms with Crippen LogP contribution < -0.4 is 4.74 Å². The maximum Gasteiger partial charge on any atom is 0.341 e. The molecule has 0 saturated heterocycles. The van der Waals surface area contributed by atoms with Gasteiger partial charge in [-0.25, -0.2) is 4.79 Å². The summed E-state index contributed by atoms with van der Waals surface area (Å²) in [5.74, 6) is -1.70. The molecule has 2 N–H and O–H groups in total. The third-order valence-corrected chi connectivity index (χ3v) is 4.54. The lowest BCUT2D eigenvalue weighted by molar-refractivity contribution is -0.154. The summed E-state index contributed by atoms with van der Waals surface area (Å²) in [5, 5.41) is 18.8. The zero-order valence-electron chi connectivity index (χ0n) is 15.8. The summed E-state index contributed by atoms with van der Waals surface area (Å²) in [4.78, 5) is 35.9. The van der Waals surface area contributed by atoms with Crippen molar-refractivity contribution in [1.82, 2.24) is 4.57 Å². The van der Waals surface area contributed by atoms with E-state index in [1.165, 1.54) is 35.9 Å². The number of ether oxygens (including phenoxy) is 2. The van der Waals surface area contributed by atoms with Crippen molar-refractivity contribution < 1.29 is 34.1 Å². The van der Waals surface area contributed by atoms with Gasteiger partial charge in [-0.2, -0.15) is 0 Å². The summed E-state index contributed by atoms with van der Waals surface area (Å²) in [6.07, 6.45) is -0.196. The zero-order valence-corrected chi connectivity index (χ0v) is 15.8. The molecule has 0 aliphatic rings. The van der Waals surface area contributed by atoms with E-state index < -0.39 is 18.5 Å². The average molecular weight is 397 g/mol. The van der Waals surface area contributed by atoms with E-state index in [4.69, 9.17) is 14.6 Å². The van der Waals surface area contributed by atoms with Gasteiger partial charge in [0.05, 0.1) is 19.0 Å². The van der Waals surface area contributed by atoms with Crippen LogP contribution in [0.4, 0.5) is 0 Å². The van der Waals surface area contributed by atoms with Crippen molar-refractivity contribution in [2.24, 2.45) is 0 Å². The lowest BCUT2D eigenvalue weighted by atomic mass is 10.1. The van der Waals surface area contributed by atoms with Crippen LogP contribution in [0.5, 0.6) is 11.5 Å². The molecule has 0 spiro atoms. The second-order valence-electron chi connectivity index (χ2n) is 6.37. The van der Waals surface area contributed by atoms with Crippen LogP contribution in [0.25, 0.3) is 10.9 Å². The monoisotopic (exact) mass is 397 g/mol. The second kappa shape index (κ2) is 8.05. The summed E-state index contributed by atoms with van der Waals surface area (Å²) in [5.41, 5.74) is 2.00. The molecule has 0 amide bonds. The highest BCUT2D eigenvalue weighted by atomic mass is 16.5. The van der Waals surface area contributed by atoms with Crippen molar-refractivity contribution in [3.05, 3.63) is 59.3 Å². The molecule has 0 unspecified atom stereocenters. The first-order valence-corrected chi connectivity index (χ1v) is 8.71. The first-order chi connectivity index (χ1) is 13.8. The number of phenols is 1. The summed E-state index contributed by atoms with van der Waals surface area (Å²) in [6.45, 7) is 0.969. The van der Waals surface area contributed by atoms with Crippen LogP contribution >= 0.6 is 0 Å². The Bertz CT molecular complexity index is 1100. The molecular formula is C21H19NO7. The minimum absolute atomic E-state index is 0.0437. The predicted octanol–water partition coefficient (Wildman–Crippen LogP) is 2.52. The molecule has 3 rings (SSSR count). The van der Waals surface area contributed by atoms with E-state index in [0.29, 0.717) is 33.5 Å². The number of benzene rings is 2. The number of carbonyl (C=O) groups excluding carboxylic acids is 2. The molecule has 8 heteroatoms. The van der Waals surface area contributed by atoms with Crippen LogP contribution in [0.3, 0.4) is 0 Å². The van der Waals surface area contributed by atoms with Gasteiger partial charge in [0.1, 0.15) is 11.5 Å². The van der Waals surface area contributed by atoms with Gasteiger partial charge in [0, 0.05) is 16.6 Å². The number of carbonyl (C=O) groups is 3. The Morgan fingerprint density at radius 2 is 1.76 bits per heavy atom. The van der Waals surface area contributed by atoms with Crippen LogP contribution in [0.1, 0.15) is 21.6 Å². The lowest BCUT2D eigenvalue weighted by Crippen LogP contribution is -2.16. The van der Waals surface area contributed by atoms with Crippen molar-refractivity contribution in [2.45, 2.75) is 13.3 Å². The number of carboxylic acids is 1. The molecule has 8 nitrogen and oxygen atoms in total. The molecule has 0 saturated carbocycles. The smallest absolute Gasteiger partial charge is 0.341 e. The van der Waals surface area contributed by atoms with Gasteiger partial charge >= 0.3 is 11.9 Å². The summed E-state index contributed by atoms with van der Waals surface area (Å²) in [6, 6.07) is 11.0. The topological polar surface area (TPSA) is 115 Å². The molecule has 3 aromatic rings. The first-order valence-electron chi connectivity index (χ1n) is 8.71. The minimum atomic E-state index is -1.25. The number of rotatable bonds is 6. The zero-order chi connectivity index (χ0) is 21.1. The standard InChI is InChI=1S/C21H19NO7/c1-12-16(10-20(26)29-11-19(24)25)17-9-15(28-2)7-8-18(17)22(12)21(27)13-3-5-14(23)6-4-13/h3-9,23H,10-11H2,1-2H3,(H,24,25). The highest BCUT2D eigenvalue weighted by Gasteiger charge is 2.22. The van der Waals surface area contributed by atoms with E-state index in [1.807, 2.05) is 0 Å². The van der Waals surface area contributed by atoms with Gasteiger partial charge in [0.25, 0.3) is 5.91 Å². The Morgan fingerprint density at radius 3 is 2.38 bits per heavy atom. The van der Waals surface area contributed by atoms with Crippen molar-refractivity contribution in [3.8, 4) is 11.5 Å². The molecule has 0 aliphatic heterocycles. The first kappa shape index (κ1) is 19.9. The summed E-state index contributed by atoms with van der Waals surface area (Å²) in [7, 11) is 1.51. The highest BCUT2D eigenvalue weighted by molar-refractivity contribution is 6.05. The van der Waals surface area contributed by atoms with Gasteiger partial charge < -0.3 is 19.7 Å². The maximum atomic E-state index is 13.1. The Balaban J connectivity index is 2.09. The summed E-state index contributed by atoms with van der Waals surface area (Å²) >= 11 is 0.